The van der Waals surface area contributed by atoms with Crippen molar-refractivity contribution in [1.29, 1.82) is 0 Å². The zero-order valence-electron chi connectivity index (χ0n) is 10.8. The number of nitrogens with zero attached hydrogens (tertiary/aromatic N) is 1. The molecule has 2 nitrogen and oxygen atoms in total. The Bertz CT molecular complexity index is 395. The SMILES string of the molecule is CC(C)N(CCCCl)C(=O)Cc1cccc(F)c1. The summed E-state index contributed by atoms with van der Waals surface area (Å²) in [7, 11) is 0. The fraction of sp³-hybridized carbons (Fsp3) is 0.500. The Hall–Kier alpha value is -1.09. The fourth-order valence-electron chi connectivity index (χ4n) is 1.82. The number of amides is 1. The van der Waals surface area contributed by atoms with Gasteiger partial charge in [0.2, 0.25) is 5.91 Å². The van der Waals surface area contributed by atoms with Gasteiger partial charge in [0.15, 0.2) is 0 Å². The fourth-order valence-corrected chi connectivity index (χ4v) is 1.94. The van der Waals surface area contributed by atoms with Crippen LogP contribution >= 0.6 is 11.6 Å². The Kier molecular flexibility index (Phi) is 6.13. The van der Waals surface area contributed by atoms with Gasteiger partial charge >= 0.3 is 0 Å². The van der Waals surface area contributed by atoms with E-state index in [1.165, 1.54) is 12.1 Å². The maximum atomic E-state index is 13.0. The number of hydrogen-bond acceptors (Lipinski definition) is 1. The van der Waals surface area contributed by atoms with E-state index in [9.17, 15) is 9.18 Å². The topological polar surface area (TPSA) is 20.3 Å². The lowest BCUT2D eigenvalue weighted by molar-refractivity contribution is -0.132. The molecule has 0 radical (unpaired) electrons. The molecule has 0 aliphatic carbocycles. The predicted molar refractivity (Wildman–Crippen MR) is 72.3 cm³/mol. The Morgan fingerprint density at radius 2 is 2.17 bits per heavy atom. The molecular formula is C14H19ClFNO. The zero-order chi connectivity index (χ0) is 13.5. The van der Waals surface area contributed by atoms with Crippen molar-refractivity contribution in [2.75, 3.05) is 12.4 Å². The molecule has 0 saturated carbocycles. The first-order valence-electron chi connectivity index (χ1n) is 6.14. The first kappa shape index (κ1) is 15.0. The maximum absolute atomic E-state index is 13.0. The van der Waals surface area contributed by atoms with Gasteiger partial charge in [-0.2, -0.15) is 0 Å². The highest BCUT2D eigenvalue weighted by molar-refractivity contribution is 6.17. The van der Waals surface area contributed by atoms with Crippen LogP contribution in [0.2, 0.25) is 0 Å². The smallest absolute Gasteiger partial charge is 0.227 e. The largest absolute Gasteiger partial charge is 0.340 e. The first-order valence-corrected chi connectivity index (χ1v) is 6.68. The summed E-state index contributed by atoms with van der Waals surface area (Å²) < 4.78 is 13.0. The number of rotatable bonds is 6. The molecule has 1 amide bonds. The minimum absolute atomic E-state index is 0.0146. The molecule has 100 valence electrons. The molecule has 0 saturated heterocycles. The summed E-state index contributed by atoms with van der Waals surface area (Å²) in [5.74, 6) is 0.245. The summed E-state index contributed by atoms with van der Waals surface area (Å²) >= 11 is 5.65. The molecule has 0 fully saturated rings. The summed E-state index contributed by atoms with van der Waals surface area (Å²) in [6, 6.07) is 6.30. The molecule has 0 aliphatic heterocycles. The minimum atomic E-state index is -0.308. The molecule has 0 atom stereocenters. The molecule has 1 rings (SSSR count). The average Bonchev–Trinajstić information content (AvgIpc) is 2.29. The van der Waals surface area contributed by atoms with Crippen LogP contribution in [0.3, 0.4) is 0 Å². The van der Waals surface area contributed by atoms with Gasteiger partial charge in [0, 0.05) is 18.5 Å². The lowest BCUT2D eigenvalue weighted by Crippen LogP contribution is -2.38. The standard InChI is InChI=1S/C14H19ClFNO/c1-11(2)17(8-4-7-15)14(18)10-12-5-3-6-13(16)9-12/h3,5-6,9,11H,4,7-8,10H2,1-2H3. The van der Waals surface area contributed by atoms with Gasteiger partial charge in [-0.05, 0) is 38.0 Å². The quantitative estimate of drug-likeness (QED) is 0.728. The summed E-state index contributed by atoms with van der Waals surface area (Å²) in [6.07, 6.45) is 1.01. The van der Waals surface area contributed by atoms with Crippen molar-refractivity contribution in [3.8, 4) is 0 Å². The van der Waals surface area contributed by atoms with Crippen LogP contribution in [0.25, 0.3) is 0 Å². The third-order valence-corrected chi connectivity index (χ3v) is 2.99. The molecule has 18 heavy (non-hydrogen) atoms. The number of carbonyl (C=O) groups is 1. The Labute approximate surface area is 113 Å². The number of hydrogen-bond donors (Lipinski definition) is 0. The van der Waals surface area contributed by atoms with Crippen LogP contribution in [-0.4, -0.2) is 29.3 Å². The third kappa shape index (κ3) is 4.65. The van der Waals surface area contributed by atoms with Crippen LogP contribution in [0.4, 0.5) is 4.39 Å². The molecule has 0 heterocycles. The second-order valence-electron chi connectivity index (χ2n) is 4.53. The summed E-state index contributed by atoms with van der Waals surface area (Å²) in [5.41, 5.74) is 0.705. The van der Waals surface area contributed by atoms with E-state index in [4.69, 9.17) is 11.6 Å². The van der Waals surface area contributed by atoms with Gasteiger partial charge in [-0.1, -0.05) is 12.1 Å². The first-order chi connectivity index (χ1) is 8.54. The summed E-state index contributed by atoms with van der Waals surface area (Å²) in [4.78, 5) is 13.9. The van der Waals surface area contributed by atoms with Crippen molar-refractivity contribution in [3.63, 3.8) is 0 Å². The van der Waals surface area contributed by atoms with E-state index in [2.05, 4.69) is 0 Å². The number of benzene rings is 1. The highest BCUT2D eigenvalue weighted by Gasteiger charge is 2.16. The molecule has 1 aromatic rings. The second kappa shape index (κ2) is 7.37. The van der Waals surface area contributed by atoms with Gasteiger partial charge in [-0.25, -0.2) is 4.39 Å². The third-order valence-electron chi connectivity index (χ3n) is 2.72. The molecule has 4 heteroatoms. The van der Waals surface area contributed by atoms with Crippen molar-refractivity contribution in [2.45, 2.75) is 32.7 Å². The van der Waals surface area contributed by atoms with Crippen molar-refractivity contribution in [2.24, 2.45) is 0 Å². The molecule has 1 aromatic carbocycles. The predicted octanol–water partition coefficient (Wildman–Crippen LogP) is 3.23. The van der Waals surface area contributed by atoms with E-state index >= 15 is 0 Å². The maximum Gasteiger partial charge on any atom is 0.227 e. The zero-order valence-corrected chi connectivity index (χ0v) is 11.6. The van der Waals surface area contributed by atoms with Crippen molar-refractivity contribution in [3.05, 3.63) is 35.6 Å². The van der Waals surface area contributed by atoms with E-state index in [-0.39, 0.29) is 24.2 Å². The van der Waals surface area contributed by atoms with E-state index in [1.54, 1.807) is 17.0 Å². The van der Waals surface area contributed by atoms with Gasteiger partial charge in [-0.3, -0.25) is 4.79 Å². The van der Waals surface area contributed by atoms with Crippen molar-refractivity contribution >= 4 is 17.5 Å². The monoisotopic (exact) mass is 271 g/mol. The van der Waals surface area contributed by atoms with Crippen LogP contribution in [0.15, 0.2) is 24.3 Å². The van der Waals surface area contributed by atoms with Gasteiger partial charge < -0.3 is 4.90 Å². The van der Waals surface area contributed by atoms with E-state index in [1.807, 2.05) is 13.8 Å². The van der Waals surface area contributed by atoms with Crippen molar-refractivity contribution in [1.82, 2.24) is 4.90 Å². The lowest BCUT2D eigenvalue weighted by Gasteiger charge is -2.26. The van der Waals surface area contributed by atoms with Crippen LogP contribution in [0.1, 0.15) is 25.8 Å². The molecule has 0 aliphatic rings. The molecule has 0 aromatic heterocycles. The van der Waals surface area contributed by atoms with Gasteiger partial charge in [0.25, 0.3) is 0 Å². The van der Waals surface area contributed by atoms with Crippen molar-refractivity contribution < 1.29 is 9.18 Å². The van der Waals surface area contributed by atoms with E-state index < -0.39 is 0 Å². The Morgan fingerprint density at radius 3 is 2.72 bits per heavy atom. The van der Waals surface area contributed by atoms with E-state index in [0.29, 0.717) is 18.0 Å². The summed E-state index contributed by atoms with van der Waals surface area (Å²) in [6.45, 7) is 4.59. The van der Waals surface area contributed by atoms with Gasteiger partial charge in [-0.15, -0.1) is 11.6 Å². The normalized spacial score (nSPS) is 10.7. The van der Waals surface area contributed by atoms with Crippen LogP contribution in [0.5, 0.6) is 0 Å². The number of halogens is 2. The second-order valence-corrected chi connectivity index (χ2v) is 4.91. The number of carbonyl (C=O) groups excluding carboxylic acids is 1. The average molecular weight is 272 g/mol. The summed E-state index contributed by atoms with van der Waals surface area (Å²) in [5, 5.41) is 0. The van der Waals surface area contributed by atoms with Crippen LogP contribution < -0.4 is 0 Å². The Morgan fingerprint density at radius 1 is 1.44 bits per heavy atom. The minimum Gasteiger partial charge on any atom is -0.340 e. The van der Waals surface area contributed by atoms with Gasteiger partial charge in [0.1, 0.15) is 5.82 Å². The highest BCUT2D eigenvalue weighted by Crippen LogP contribution is 2.09. The van der Waals surface area contributed by atoms with Gasteiger partial charge in [0.05, 0.1) is 6.42 Å². The molecule has 0 unspecified atom stereocenters. The number of alkyl halides is 1. The Balaban J connectivity index is 2.66. The molecule has 0 bridgehead atoms. The van der Waals surface area contributed by atoms with E-state index in [0.717, 1.165) is 6.42 Å². The van der Waals surface area contributed by atoms with Crippen LogP contribution in [-0.2, 0) is 11.2 Å². The van der Waals surface area contributed by atoms with Crippen LogP contribution in [0, 0.1) is 5.82 Å². The highest BCUT2D eigenvalue weighted by atomic mass is 35.5. The molecular weight excluding hydrogens is 253 g/mol. The molecule has 0 spiro atoms. The lowest BCUT2D eigenvalue weighted by atomic mass is 10.1. The molecule has 0 N–H and O–H groups in total.